The molecule has 2 aliphatic heterocycles. The maximum Gasteiger partial charge on any atom is 0.293 e. The molecule has 114 valence electrons. The van der Waals surface area contributed by atoms with Crippen molar-refractivity contribution in [1.29, 1.82) is 0 Å². The summed E-state index contributed by atoms with van der Waals surface area (Å²) in [6.07, 6.45) is 1.05. The molecule has 8 heteroatoms. The molecule has 3 rings (SSSR count). The van der Waals surface area contributed by atoms with E-state index < -0.39 is 14.8 Å². The highest BCUT2D eigenvalue weighted by molar-refractivity contribution is 7.90. The molecule has 2 fully saturated rings. The van der Waals surface area contributed by atoms with Crippen LogP contribution in [0.25, 0.3) is 0 Å². The zero-order valence-electron chi connectivity index (χ0n) is 11.7. The predicted molar refractivity (Wildman–Crippen MR) is 78.3 cm³/mol. The van der Waals surface area contributed by atoms with Crippen LogP contribution in [-0.4, -0.2) is 45.8 Å². The average Bonchev–Trinajstić information content (AvgIpc) is 2.97. The fourth-order valence-corrected chi connectivity index (χ4v) is 3.84. The third kappa shape index (κ3) is 2.60. The number of hydrogen-bond donors (Lipinski definition) is 1. The summed E-state index contributed by atoms with van der Waals surface area (Å²) in [4.78, 5) is 12.8. The van der Waals surface area contributed by atoms with E-state index in [9.17, 15) is 18.5 Å². The van der Waals surface area contributed by atoms with Crippen LogP contribution in [0.15, 0.2) is 23.1 Å². The van der Waals surface area contributed by atoms with Crippen LogP contribution in [0.3, 0.4) is 0 Å². The van der Waals surface area contributed by atoms with Crippen LogP contribution in [0.2, 0.25) is 0 Å². The van der Waals surface area contributed by atoms with Crippen molar-refractivity contribution in [2.24, 2.45) is 11.8 Å². The fraction of sp³-hybridized carbons (Fsp3) is 0.538. The van der Waals surface area contributed by atoms with E-state index in [1.807, 2.05) is 4.90 Å². The third-order valence-corrected chi connectivity index (χ3v) is 5.41. The van der Waals surface area contributed by atoms with Gasteiger partial charge in [0.05, 0.1) is 9.82 Å². The maximum atomic E-state index is 11.6. The van der Waals surface area contributed by atoms with Gasteiger partial charge < -0.3 is 10.2 Å². The van der Waals surface area contributed by atoms with Gasteiger partial charge >= 0.3 is 0 Å². The molecule has 2 saturated heterocycles. The van der Waals surface area contributed by atoms with Crippen molar-refractivity contribution in [2.75, 3.05) is 37.3 Å². The highest BCUT2D eigenvalue weighted by Gasteiger charge is 2.38. The monoisotopic (exact) mass is 311 g/mol. The fourth-order valence-electron chi connectivity index (χ4n) is 3.20. The van der Waals surface area contributed by atoms with Crippen LogP contribution in [0.1, 0.15) is 0 Å². The summed E-state index contributed by atoms with van der Waals surface area (Å²) < 4.78 is 23.1. The number of nitrogens with zero attached hydrogens (tertiary/aromatic N) is 2. The number of rotatable bonds is 3. The van der Waals surface area contributed by atoms with Crippen molar-refractivity contribution in [2.45, 2.75) is 4.90 Å². The van der Waals surface area contributed by atoms with Crippen molar-refractivity contribution in [3.05, 3.63) is 28.3 Å². The van der Waals surface area contributed by atoms with E-state index in [-0.39, 0.29) is 10.6 Å². The Morgan fingerprint density at radius 2 is 1.90 bits per heavy atom. The number of nitro benzene ring substituents is 1. The normalized spacial score (nSPS) is 25.1. The Morgan fingerprint density at radius 3 is 2.43 bits per heavy atom. The molecule has 21 heavy (non-hydrogen) atoms. The van der Waals surface area contributed by atoms with E-state index in [0.29, 0.717) is 17.5 Å². The molecule has 2 atom stereocenters. The molecule has 1 aromatic carbocycles. The largest absolute Gasteiger partial charge is 0.365 e. The van der Waals surface area contributed by atoms with Gasteiger partial charge in [-0.15, -0.1) is 0 Å². The predicted octanol–water partition coefficient (Wildman–Crippen LogP) is 0.654. The smallest absolute Gasteiger partial charge is 0.293 e. The van der Waals surface area contributed by atoms with E-state index >= 15 is 0 Å². The van der Waals surface area contributed by atoms with Crippen LogP contribution in [0.4, 0.5) is 11.4 Å². The lowest BCUT2D eigenvalue weighted by Gasteiger charge is -2.19. The molecule has 0 spiro atoms. The van der Waals surface area contributed by atoms with E-state index in [1.165, 1.54) is 6.07 Å². The molecule has 0 saturated carbocycles. The Hall–Kier alpha value is -1.67. The van der Waals surface area contributed by atoms with Gasteiger partial charge in [0.25, 0.3) is 5.69 Å². The first kappa shape index (κ1) is 14.3. The van der Waals surface area contributed by atoms with Gasteiger partial charge in [0, 0.05) is 38.5 Å². The van der Waals surface area contributed by atoms with Gasteiger partial charge in [-0.1, -0.05) is 0 Å². The quantitative estimate of drug-likeness (QED) is 0.651. The molecule has 2 unspecified atom stereocenters. The maximum absolute atomic E-state index is 11.6. The summed E-state index contributed by atoms with van der Waals surface area (Å²) in [6, 6.07) is 4.17. The van der Waals surface area contributed by atoms with Crippen LogP contribution in [0, 0.1) is 22.0 Å². The Morgan fingerprint density at radius 1 is 1.29 bits per heavy atom. The van der Waals surface area contributed by atoms with Crippen LogP contribution < -0.4 is 10.2 Å². The number of benzene rings is 1. The lowest BCUT2D eigenvalue weighted by Crippen LogP contribution is -2.26. The third-order valence-electron chi connectivity index (χ3n) is 4.30. The molecule has 1 N–H and O–H groups in total. The topological polar surface area (TPSA) is 92.6 Å². The minimum Gasteiger partial charge on any atom is -0.365 e. The summed E-state index contributed by atoms with van der Waals surface area (Å²) in [5, 5.41) is 14.6. The Bertz CT molecular complexity index is 677. The number of fused-ring (bicyclic) bond motifs is 1. The number of hydrogen-bond acceptors (Lipinski definition) is 6. The standard InChI is InChI=1S/C13H17N3O4S/c1-21(19,20)11-2-3-12(13(4-11)16(17)18)15-7-9-5-14-6-10(9)8-15/h2-4,9-10,14H,5-8H2,1H3. The van der Waals surface area contributed by atoms with Crippen LogP contribution >= 0.6 is 0 Å². The van der Waals surface area contributed by atoms with E-state index in [4.69, 9.17) is 0 Å². The van der Waals surface area contributed by atoms with Gasteiger partial charge in [-0.05, 0) is 24.0 Å². The second-order valence-electron chi connectivity index (χ2n) is 5.76. The van der Waals surface area contributed by atoms with Gasteiger partial charge in [-0.3, -0.25) is 10.1 Å². The summed E-state index contributed by atoms with van der Waals surface area (Å²) >= 11 is 0. The van der Waals surface area contributed by atoms with Crippen molar-refractivity contribution >= 4 is 21.2 Å². The highest BCUT2D eigenvalue weighted by atomic mass is 32.2. The molecule has 2 aliphatic rings. The van der Waals surface area contributed by atoms with Gasteiger partial charge in [0.15, 0.2) is 9.84 Å². The molecular weight excluding hydrogens is 294 g/mol. The average molecular weight is 311 g/mol. The minimum atomic E-state index is -3.45. The highest BCUT2D eigenvalue weighted by Crippen LogP contribution is 2.36. The number of nitro groups is 1. The SMILES string of the molecule is CS(=O)(=O)c1ccc(N2CC3CNCC3C2)c([N+](=O)[O-])c1. The van der Waals surface area contributed by atoms with E-state index in [2.05, 4.69) is 5.32 Å². The first-order valence-electron chi connectivity index (χ1n) is 6.80. The van der Waals surface area contributed by atoms with Crippen molar-refractivity contribution in [3.63, 3.8) is 0 Å². The molecule has 0 radical (unpaired) electrons. The summed E-state index contributed by atoms with van der Waals surface area (Å²) in [5.74, 6) is 1.03. The summed E-state index contributed by atoms with van der Waals surface area (Å²) in [7, 11) is -3.45. The van der Waals surface area contributed by atoms with E-state index in [1.54, 1.807) is 6.07 Å². The Labute approximate surface area is 123 Å². The van der Waals surface area contributed by atoms with Crippen molar-refractivity contribution < 1.29 is 13.3 Å². The minimum absolute atomic E-state index is 0.0148. The molecule has 0 aliphatic carbocycles. The zero-order valence-corrected chi connectivity index (χ0v) is 12.5. The van der Waals surface area contributed by atoms with Gasteiger partial charge in [-0.2, -0.15) is 0 Å². The van der Waals surface area contributed by atoms with Gasteiger partial charge in [0.1, 0.15) is 5.69 Å². The number of nitrogens with one attached hydrogen (secondary N) is 1. The lowest BCUT2D eigenvalue weighted by atomic mass is 10.0. The second kappa shape index (κ2) is 4.96. The molecule has 7 nitrogen and oxygen atoms in total. The summed E-state index contributed by atoms with van der Waals surface area (Å²) in [6.45, 7) is 3.43. The molecule has 0 amide bonds. The first-order chi connectivity index (χ1) is 9.86. The molecule has 0 bridgehead atoms. The number of anilines is 1. The van der Waals surface area contributed by atoms with Crippen molar-refractivity contribution in [1.82, 2.24) is 5.32 Å². The first-order valence-corrected chi connectivity index (χ1v) is 8.69. The molecule has 2 heterocycles. The second-order valence-corrected chi connectivity index (χ2v) is 7.78. The van der Waals surface area contributed by atoms with Crippen LogP contribution in [-0.2, 0) is 9.84 Å². The lowest BCUT2D eigenvalue weighted by molar-refractivity contribution is -0.384. The molecular formula is C13H17N3O4S. The van der Waals surface area contributed by atoms with Gasteiger partial charge in [0.2, 0.25) is 0 Å². The van der Waals surface area contributed by atoms with E-state index in [0.717, 1.165) is 38.5 Å². The Balaban J connectivity index is 1.97. The summed E-state index contributed by atoms with van der Waals surface area (Å²) in [5.41, 5.74) is 0.382. The van der Waals surface area contributed by atoms with Crippen molar-refractivity contribution in [3.8, 4) is 0 Å². The van der Waals surface area contributed by atoms with Crippen LogP contribution in [0.5, 0.6) is 0 Å². The molecule has 0 aromatic heterocycles. The zero-order chi connectivity index (χ0) is 15.2. The van der Waals surface area contributed by atoms with Gasteiger partial charge in [-0.25, -0.2) is 8.42 Å². The Kier molecular flexibility index (Phi) is 3.37. The molecule has 1 aromatic rings. The number of sulfone groups is 1.